The van der Waals surface area contributed by atoms with Crippen LogP contribution in [0.5, 0.6) is 5.75 Å². The average molecular weight is 346 g/mol. The van der Waals surface area contributed by atoms with Gasteiger partial charge in [0.15, 0.2) is 0 Å². The van der Waals surface area contributed by atoms with E-state index in [1.54, 1.807) is 4.90 Å². The van der Waals surface area contributed by atoms with Gasteiger partial charge >= 0.3 is 6.09 Å². The van der Waals surface area contributed by atoms with Gasteiger partial charge in [-0.3, -0.25) is 4.90 Å². The maximum Gasteiger partial charge on any atom is 0.407 e. The number of piperidine rings is 1. The summed E-state index contributed by atoms with van der Waals surface area (Å²) in [6.45, 7) is 10.8. The van der Waals surface area contributed by atoms with Crippen molar-refractivity contribution in [1.82, 2.24) is 9.80 Å². The van der Waals surface area contributed by atoms with E-state index in [1.165, 1.54) is 11.1 Å². The molecule has 2 aliphatic rings. The maximum absolute atomic E-state index is 11.7. The summed E-state index contributed by atoms with van der Waals surface area (Å²) in [4.78, 5) is 15.8. The molecule has 1 aromatic rings. The van der Waals surface area contributed by atoms with Gasteiger partial charge in [0.2, 0.25) is 0 Å². The van der Waals surface area contributed by atoms with E-state index >= 15 is 0 Å². The largest absolute Gasteiger partial charge is 0.493 e. The Balaban J connectivity index is 1.64. The van der Waals surface area contributed by atoms with E-state index in [4.69, 9.17) is 4.74 Å². The third-order valence-corrected chi connectivity index (χ3v) is 5.54. The fourth-order valence-electron chi connectivity index (χ4n) is 4.18. The van der Waals surface area contributed by atoms with Gasteiger partial charge in [-0.2, -0.15) is 0 Å². The molecule has 3 rings (SSSR count). The number of amides is 1. The highest BCUT2D eigenvalue weighted by Gasteiger charge is 2.36. The molecule has 0 aromatic heterocycles. The third-order valence-electron chi connectivity index (χ3n) is 5.54. The van der Waals surface area contributed by atoms with Crippen molar-refractivity contribution in [3.63, 3.8) is 0 Å². The Bertz CT molecular complexity index is 630. The Hall–Kier alpha value is -1.75. The van der Waals surface area contributed by atoms with Crippen molar-refractivity contribution in [3.8, 4) is 5.75 Å². The standard InChI is InChI=1S/C20H30N2O3/c1-14(16-6-5-15-9-12-25-18(15)13-16)21-10-7-17(8-11-21)22(19(23)24)20(2,3)4/h5-6,13-14,17H,7-12H2,1-4H3,(H,23,24). The van der Waals surface area contributed by atoms with Gasteiger partial charge in [-0.25, -0.2) is 4.79 Å². The summed E-state index contributed by atoms with van der Waals surface area (Å²) in [6, 6.07) is 7.00. The zero-order valence-corrected chi connectivity index (χ0v) is 15.8. The molecule has 0 spiro atoms. The lowest BCUT2D eigenvalue weighted by Gasteiger charge is -2.44. The quantitative estimate of drug-likeness (QED) is 0.901. The minimum Gasteiger partial charge on any atom is -0.493 e. The zero-order chi connectivity index (χ0) is 18.2. The van der Waals surface area contributed by atoms with Crippen LogP contribution >= 0.6 is 0 Å². The number of hydrogen-bond donors (Lipinski definition) is 1. The van der Waals surface area contributed by atoms with Crippen molar-refractivity contribution in [1.29, 1.82) is 0 Å². The minimum absolute atomic E-state index is 0.101. The fourth-order valence-corrected chi connectivity index (χ4v) is 4.18. The number of fused-ring (bicyclic) bond motifs is 1. The second kappa shape index (κ2) is 6.87. The molecule has 5 nitrogen and oxygen atoms in total. The van der Waals surface area contributed by atoms with Crippen LogP contribution in [0.25, 0.3) is 0 Å². The molecule has 0 aliphatic carbocycles. The van der Waals surface area contributed by atoms with Crippen LogP contribution in [-0.2, 0) is 6.42 Å². The lowest BCUT2D eigenvalue weighted by Crippen LogP contribution is -2.54. The lowest BCUT2D eigenvalue weighted by atomic mass is 9.95. The number of likely N-dealkylation sites (tertiary alicyclic amines) is 1. The molecular weight excluding hydrogens is 316 g/mol. The minimum atomic E-state index is -0.810. The van der Waals surface area contributed by atoms with Crippen LogP contribution in [-0.4, -0.2) is 52.3 Å². The number of nitrogens with zero attached hydrogens (tertiary/aromatic N) is 2. The van der Waals surface area contributed by atoms with Gasteiger partial charge in [0.05, 0.1) is 6.61 Å². The lowest BCUT2D eigenvalue weighted by molar-refractivity contribution is 0.0350. The molecule has 25 heavy (non-hydrogen) atoms. The highest BCUT2D eigenvalue weighted by atomic mass is 16.5. The summed E-state index contributed by atoms with van der Waals surface area (Å²) in [5.41, 5.74) is 2.23. The van der Waals surface area contributed by atoms with Crippen molar-refractivity contribution in [2.24, 2.45) is 0 Å². The van der Waals surface area contributed by atoms with Gasteiger partial charge in [-0.1, -0.05) is 12.1 Å². The van der Waals surface area contributed by atoms with Crippen molar-refractivity contribution in [3.05, 3.63) is 29.3 Å². The molecule has 0 saturated carbocycles. The predicted octanol–water partition coefficient (Wildman–Crippen LogP) is 3.93. The smallest absolute Gasteiger partial charge is 0.407 e. The highest BCUT2D eigenvalue weighted by Crippen LogP contribution is 2.33. The number of rotatable bonds is 3. The van der Waals surface area contributed by atoms with Gasteiger partial charge in [0.1, 0.15) is 5.75 Å². The fraction of sp³-hybridized carbons (Fsp3) is 0.650. The first kappa shape index (κ1) is 18.1. The molecule has 138 valence electrons. The summed E-state index contributed by atoms with van der Waals surface area (Å²) in [7, 11) is 0. The Labute approximate surface area is 150 Å². The monoisotopic (exact) mass is 346 g/mol. The summed E-state index contributed by atoms with van der Waals surface area (Å²) < 4.78 is 5.70. The molecule has 5 heteroatoms. The Morgan fingerprint density at radius 3 is 2.60 bits per heavy atom. The first-order valence-electron chi connectivity index (χ1n) is 9.29. The molecule has 1 unspecified atom stereocenters. The first-order valence-corrected chi connectivity index (χ1v) is 9.29. The van der Waals surface area contributed by atoms with Crippen molar-refractivity contribution < 1.29 is 14.6 Å². The van der Waals surface area contributed by atoms with Gasteiger partial charge in [-0.05, 0) is 57.7 Å². The third kappa shape index (κ3) is 3.76. The van der Waals surface area contributed by atoms with Crippen LogP contribution in [0.1, 0.15) is 57.7 Å². The summed E-state index contributed by atoms with van der Waals surface area (Å²) in [5.74, 6) is 1.03. The van der Waals surface area contributed by atoms with E-state index in [1.807, 2.05) is 20.8 Å². The second-order valence-electron chi connectivity index (χ2n) is 8.23. The topological polar surface area (TPSA) is 53.0 Å². The van der Waals surface area contributed by atoms with Gasteiger partial charge in [-0.15, -0.1) is 0 Å². The molecule has 1 amide bonds. The van der Waals surface area contributed by atoms with E-state index in [0.717, 1.165) is 44.7 Å². The van der Waals surface area contributed by atoms with Gasteiger partial charge < -0.3 is 14.7 Å². The Kier molecular flexibility index (Phi) is 4.96. The van der Waals surface area contributed by atoms with Crippen LogP contribution in [0.3, 0.4) is 0 Å². The van der Waals surface area contributed by atoms with E-state index in [2.05, 4.69) is 30.0 Å². The second-order valence-corrected chi connectivity index (χ2v) is 8.23. The van der Waals surface area contributed by atoms with Crippen molar-refractivity contribution in [2.45, 2.75) is 64.6 Å². The summed E-state index contributed by atoms with van der Waals surface area (Å²) in [5, 5.41) is 9.60. The average Bonchev–Trinajstić information content (AvgIpc) is 3.00. The molecule has 0 bridgehead atoms. The Morgan fingerprint density at radius 1 is 1.32 bits per heavy atom. The van der Waals surface area contributed by atoms with Crippen LogP contribution in [0.4, 0.5) is 4.79 Å². The van der Waals surface area contributed by atoms with Crippen LogP contribution in [0, 0.1) is 0 Å². The van der Waals surface area contributed by atoms with Crippen LogP contribution in [0.2, 0.25) is 0 Å². The molecule has 0 radical (unpaired) electrons. The molecule has 2 heterocycles. The summed E-state index contributed by atoms with van der Waals surface area (Å²) in [6.07, 6.45) is 1.97. The summed E-state index contributed by atoms with van der Waals surface area (Å²) >= 11 is 0. The van der Waals surface area contributed by atoms with E-state index in [9.17, 15) is 9.90 Å². The molecule has 1 aromatic carbocycles. The maximum atomic E-state index is 11.7. The van der Waals surface area contributed by atoms with Gasteiger partial charge in [0, 0.05) is 37.1 Å². The van der Waals surface area contributed by atoms with E-state index in [-0.39, 0.29) is 11.6 Å². The van der Waals surface area contributed by atoms with Crippen molar-refractivity contribution >= 4 is 6.09 Å². The normalized spacial score (nSPS) is 20.0. The van der Waals surface area contributed by atoms with Crippen molar-refractivity contribution in [2.75, 3.05) is 19.7 Å². The molecular formula is C20H30N2O3. The van der Waals surface area contributed by atoms with Crippen LogP contribution < -0.4 is 4.74 Å². The number of ether oxygens (including phenoxy) is 1. The molecule has 1 atom stereocenters. The SMILES string of the molecule is CC(c1ccc2c(c1)OCC2)N1CCC(N(C(=O)O)C(C)(C)C)CC1. The predicted molar refractivity (Wildman–Crippen MR) is 98.3 cm³/mol. The molecule has 1 N–H and O–H groups in total. The van der Waals surface area contributed by atoms with E-state index < -0.39 is 6.09 Å². The molecule has 1 fully saturated rings. The highest BCUT2D eigenvalue weighted by molar-refractivity contribution is 5.66. The van der Waals surface area contributed by atoms with Gasteiger partial charge in [0.25, 0.3) is 0 Å². The Morgan fingerprint density at radius 2 is 2.00 bits per heavy atom. The number of hydrogen-bond acceptors (Lipinski definition) is 3. The zero-order valence-electron chi connectivity index (χ0n) is 15.8. The first-order chi connectivity index (χ1) is 11.8. The number of carboxylic acid groups (broad SMARTS) is 1. The number of carbonyl (C=O) groups is 1. The van der Waals surface area contributed by atoms with E-state index in [0.29, 0.717) is 6.04 Å². The number of benzene rings is 1. The molecule has 1 saturated heterocycles. The van der Waals surface area contributed by atoms with Crippen LogP contribution in [0.15, 0.2) is 18.2 Å². The molecule has 2 aliphatic heterocycles.